The predicted molar refractivity (Wildman–Crippen MR) is 53.2 cm³/mol. The number of carboxylic acid groups (broad SMARTS) is 1. The van der Waals surface area contributed by atoms with E-state index in [0.29, 0.717) is 18.5 Å². The molecule has 0 aromatic carbocycles. The molecular weight excluding hydrogens is 192 g/mol. The molecule has 0 spiro atoms. The van der Waals surface area contributed by atoms with Crippen molar-refractivity contribution in [2.24, 2.45) is 11.7 Å². The third kappa shape index (κ3) is 4.95. The maximum absolute atomic E-state index is 10.2. The molecule has 4 N–H and O–H groups in total. The Hall–Kier alpha value is -0.480. The van der Waals surface area contributed by atoms with Gasteiger partial charge < -0.3 is 16.2 Å². The third-order valence-corrected chi connectivity index (χ3v) is 2.43. The molecule has 78 valence electrons. The van der Waals surface area contributed by atoms with Crippen molar-refractivity contribution in [3.05, 3.63) is 0 Å². The summed E-state index contributed by atoms with van der Waals surface area (Å²) in [5.74, 6) is 0.501. The first-order valence-electron chi connectivity index (χ1n) is 4.41. The van der Waals surface area contributed by atoms with Crippen molar-refractivity contribution in [3.63, 3.8) is 0 Å². The van der Waals surface area contributed by atoms with Crippen molar-refractivity contribution in [3.8, 4) is 0 Å². The molecule has 0 aromatic heterocycles. The van der Waals surface area contributed by atoms with Crippen LogP contribution >= 0.6 is 12.4 Å². The molecule has 1 aliphatic rings. The average Bonchev–Trinajstić information content (AvgIpc) is 2.03. The minimum absolute atomic E-state index is 0. The molecule has 0 aliphatic heterocycles. The van der Waals surface area contributed by atoms with Gasteiger partial charge in [0.1, 0.15) is 0 Å². The van der Waals surface area contributed by atoms with E-state index in [1.807, 2.05) is 0 Å². The van der Waals surface area contributed by atoms with Crippen LogP contribution in [0.25, 0.3) is 0 Å². The number of amides is 1. The monoisotopic (exact) mass is 208 g/mol. The van der Waals surface area contributed by atoms with Crippen LogP contribution in [0.4, 0.5) is 4.79 Å². The van der Waals surface area contributed by atoms with Crippen LogP contribution in [-0.2, 0) is 0 Å². The highest BCUT2D eigenvalue weighted by Gasteiger charge is 2.18. The summed E-state index contributed by atoms with van der Waals surface area (Å²) in [7, 11) is 0. The van der Waals surface area contributed by atoms with Crippen LogP contribution in [0.3, 0.4) is 0 Å². The van der Waals surface area contributed by atoms with Crippen LogP contribution in [0.15, 0.2) is 0 Å². The van der Waals surface area contributed by atoms with Gasteiger partial charge in [0.2, 0.25) is 0 Å². The lowest BCUT2D eigenvalue weighted by Crippen LogP contribution is -2.33. The summed E-state index contributed by atoms with van der Waals surface area (Å²) < 4.78 is 0. The van der Waals surface area contributed by atoms with E-state index in [-0.39, 0.29) is 12.4 Å². The van der Waals surface area contributed by atoms with Gasteiger partial charge in [-0.15, -0.1) is 12.4 Å². The van der Waals surface area contributed by atoms with Crippen LogP contribution in [0.5, 0.6) is 0 Å². The first-order chi connectivity index (χ1) is 5.68. The Labute approximate surface area is 84.3 Å². The zero-order valence-electron chi connectivity index (χ0n) is 7.53. The van der Waals surface area contributed by atoms with E-state index in [4.69, 9.17) is 10.8 Å². The minimum Gasteiger partial charge on any atom is -0.465 e. The molecule has 0 aromatic rings. The lowest BCUT2D eigenvalue weighted by molar-refractivity contribution is 0.190. The molecular formula is C8H17ClN2O2. The van der Waals surface area contributed by atoms with E-state index < -0.39 is 6.09 Å². The summed E-state index contributed by atoms with van der Waals surface area (Å²) in [6.45, 7) is 0.585. The number of halogens is 1. The van der Waals surface area contributed by atoms with Gasteiger partial charge >= 0.3 is 6.09 Å². The number of carbonyl (C=O) groups is 1. The Kier molecular flexibility index (Phi) is 5.82. The second-order valence-electron chi connectivity index (χ2n) is 3.47. The zero-order valence-corrected chi connectivity index (χ0v) is 8.35. The first-order valence-corrected chi connectivity index (χ1v) is 4.41. The molecule has 1 rings (SSSR count). The van der Waals surface area contributed by atoms with E-state index in [9.17, 15) is 4.79 Å². The Morgan fingerprint density at radius 3 is 2.38 bits per heavy atom. The van der Waals surface area contributed by atoms with Gasteiger partial charge in [0.05, 0.1) is 0 Å². The summed E-state index contributed by atoms with van der Waals surface area (Å²) in [6, 6.07) is 0.339. The van der Waals surface area contributed by atoms with Crippen LogP contribution in [0.2, 0.25) is 0 Å². The number of nitrogens with two attached hydrogens (primary N) is 1. The van der Waals surface area contributed by atoms with Gasteiger partial charge in [-0.3, -0.25) is 0 Å². The molecule has 0 heterocycles. The smallest absolute Gasteiger partial charge is 0.404 e. The highest BCUT2D eigenvalue weighted by atomic mass is 35.5. The molecule has 13 heavy (non-hydrogen) atoms. The molecule has 0 saturated heterocycles. The quantitative estimate of drug-likeness (QED) is 0.638. The SMILES string of the molecule is Cl.N[C@H]1CC[C@@H](CNC(=O)O)CC1. The molecule has 1 saturated carbocycles. The van der Waals surface area contributed by atoms with E-state index in [2.05, 4.69) is 5.32 Å². The molecule has 1 amide bonds. The Balaban J connectivity index is 0.00000144. The third-order valence-electron chi connectivity index (χ3n) is 2.43. The van der Waals surface area contributed by atoms with Gasteiger partial charge in [-0.1, -0.05) is 0 Å². The van der Waals surface area contributed by atoms with E-state index in [1.165, 1.54) is 0 Å². The van der Waals surface area contributed by atoms with Gasteiger partial charge in [0, 0.05) is 12.6 Å². The molecule has 1 aliphatic carbocycles. The van der Waals surface area contributed by atoms with E-state index >= 15 is 0 Å². The normalized spacial score (nSPS) is 27.5. The maximum Gasteiger partial charge on any atom is 0.404 e. The van der Waals surface area contributed by atoms with Crippen molar-refractivity contribution >= 4 is 18.5 Å². The van der Waals surface area contributed by atoms with Crippen molar-refractivity contribution < 1.29 is 9.90 Å². The zero-order chi connectivity index (χ0) is 8.97. The van der Waals surface area contributed by atoms with Crippen molar-refractivity contribution in [2.75, 3.05) is 6.54 Å². The van der Waals surface area contributed by atoms with Gasteiger partial charge in [-0.05, 0) is 31.6 Å². The minimum atomic E-state index is -0.926. The van der Waals surface area contributed by atoms with Crippen LogP contribution in [-0.4, -0.2) is 23.8 Å². The second-order valence-corrected chi connectivity index (χ2v) is 3.47. The second kappa shape index (κ2) is 6.05. The van der Waals surface area contributed by atoms with Crippen LogP contribution in [0, 0.1) is 5.92 Å². The lowest BCUT2D eigenvalue weighted by Gasteiger charge is -2.25. The fourth-order valence-electron chi connectivity index (χ4n) is 1.62. The molecule has 4 nitrogen and oxygen atoms in total. The molecule has 0 bridgehead atoms. The summed E-state index contributed by atoms with van der Waals surface area (Å²) >= 11 is 0. The summed E-state index contributed by atoms with van der Waals surface area (Å²) in [6.07, 6.45) is 3.26. The number of hydrogen-bond donors (Lipinski definition) is 3. The fourth-order valence-corrected chi connectivity index (χ4v) is 1.62. The fraction of sp³-hybridized carbons (Fsp3) is 0.875. The number of nitrogens with one attached hydrogen (secondary N) is 1. The molecule has 5 heteroatoms. The number of rotatable bonds is 2. The maximum atomic E-state index is 10.2. The van der Waals surface area contributed by atoms with Crippen molar-refractivity contribution in [2.45, 2.75) is 31.7 Å². The summed E-state index contributed by atoms with van der Waals surface area (Å²) in [5, 5.41) is 10.8. The van der Waals surface area contributed by atoms with Gasteiger partial charge in [-0.2, -0.15) is 0 Å². The summed E-state index contributed by atoms with van der Waals surface area (Å²) in [5.41, 5.74) is 5.72. The van der Waals surface area contributed by atoms with Gasteiger partial charge in [0.15, 0.2) is 0 Å². The molecule has 1 fully saturated rings. The summed E-state index contributed by atoms with van der Waals surface area (Å²) in [4.78, 5) is 10.2. The topological polar surface area (TPSA) is 75.3 Å². The largest absolute Gasteiger partial charge is 0.465 e. The van der Waals surface area contributed by atoms with Crippen LogP contribution in [0.1, 0.15) is 25.7 Å². The van der Waals surface area contributed by atoms with Crippen molar-refractivity contribution in [1.29, 1.82) is 0 Å². The predicted octanol–water partition coefficient (Wildman–Crippen LogP) is 1.19. The van der Waals surface area contributed by atoms with Crippen molar-refractivity contribution in [1.82, 2.24) is 5.32 Å². The highest BCUT2D eigenvalue weighted by Crippen LogP contribution is 2.22. The molecule has 0 radical (unpaired) electrons. The molecule has 0 unspecified atom stereocenters. The van der Waals surface area contributed by atoms with E-state index in [1.54, 1.807) is 0 Å². The standard InChI is InChI=1S/C8H16N2O2.ClH/c9-7-3-1-6(2-4-7)5-10-8(11)12;/h6-7,10H,1-5,9H2,(H,11,12);1H/t6-,7+;. The highest BCUT2D eigenvalue weighted by molar-refractivity contribution is 5.85. The average molecular weight is 209 g/mol. The van der Waals surface area contributed by atoms with Gasteiger partial charge in [-0.25, -0.2) is 4.79 Å². The Morgan fingerprint density at radius 1 is 1.38 bits per heavy atom. The van der Waals surface area contributed by atoms with E-state index in [0.717, 1.165) is 25.7 Å². The Bertz CT molecular complexity index is 158. The van der Waals surface area contributed by atoms with Gasteiger partial charge in [0.25, 0.3) is 0 Å². The molecule has 0 atom stereocenters. The lowest BCUT2D eigenvalue weighted by atomic mass is 9.86. The Morgan fingerprint density at radius 2 is 1.92 bits per heavy atom. The number of hydrogen-bond acceptors (Lipinski definition) is 2. The first kappa shape index (κ1) is 12.5. The van der Waals surface area contributed by atoms with Crippen LogP contribution < -0.4 is 11.1 Å².